The molecule has 238 valence electrons. The van der Waals surface area contributed by atoms with Crippen LogP contribution in [0.5, 0.6) is 0 Å². The smallest absolute Gasteiger partial charge is 0.277 e. The van der Waals surface area contributed by atoms with Gasteiger partial charge >= 0.3 is 0 Å². The van der Waals surface area contributed by atoms with Crippen LogP contribution in [0.2, 0.25) is 0 Å². The lowest BCUT2D eigenvalue weighted by molar-refractivity contribution is -0.384. The van der Waals surface area contributed by atoms with Gasteiger partial charge < -0.3 is 4.57 Å². The Balaban J connectivity index is 1.21. The Morgan fingerprint density at radius 3 is 2.12 bits per heavy atom. The van der Waals surface area contributed by atoms with Gasteiger partial charge in [0, 0.05) is 45.2 Å². The lowest BCUT2D eigenvalue weighted by Gasteiger charge is -2.12. The Hall–Kier alpha value is -6.93. The first-order chi connectivity index (χ1) is 24.5. The van der Waals surface area contributed by atoms with Crippen LogP contribution in [-0.4, -0.2) is 29.0 Å². The van der Waals surface area contributed by atoms with E-state index in [0.29, 0.717) is 23.2 Å². The molecule has 0 aliphatic rings. The van der Waals surface area contributed by atoms with Crippen molar-refractivity contribution in [3.63, 3.8) is 0 Å². The molecule has 0 atom stereocenters. The van der Waals surface area contributed by atoms with E-state index in [2.05, 4.69) is 58.5 Å². The molecule has 0 bridgehead atoms. The molecule has 8 heteroatoms. The van der Waals surface area contributed by atoms with Crippen LogP contribution in [0, 0.1) is 17.0 Å². The fourth-order valence-electron chi connectivity index (χ4n) is 6.86. The number of benzene rings is 6. The fourth-order valence-corrected chi connectivity index (χ4v) is 6.86. The predicted molar refractivity (Wildman–Crippen MR) is 199 cm³/mol. The van der Waals surface area contributed by atoms with Crippen LogP contribution in [0.3, 0.4) is 0 Å². The third-order valence-electron chi connectivity index (χ3n) is 9.28. The van der Waals surface area contributed by atoms with Gasteiger partial charge in [0.15, 0.2) is 11.6 Å². The molecule has 0 aliphatic heterocycles. The highest BCUT2D eigenvalue weighted by atomic mass is 16.6. The quantitative estimate of drug-likeness (QED) is 0.132. The minimum absolute atomic E-state index is 0.0909. The molecular formula is C42H28N6O2. The van der Waals surface area contributed by atoms with Crippen molar-refractivity contribution in [3.05, 3.63) is 167 Å². The molecule has 0 fully saturated rings. The van der Waals surface area contributed by atoms with E-state index in [-0.39, 0.29) is 10.6 Å². The van der Waals surface area contributed by atoms with Crippen molar-refractivity contribution in [1.82, 2.24) is 24.1 Å². The van der Waals surface area contributed by atoms with Gasteiger partial charge in [0.05, 0.1) is 27.0 Å². The highest BCUT2D eigenvalue weighted by Gasteiger charge is 2.20. The number of aromatic nitrogens is 5. The van der Waals surface area contributed by atoms with E-state index in [9.17, 15) is 10.1 Å². The largest absolute Gasteiger partial charge is 0.317 e. The van der Waals surface area contributed by atoms with Crippen molar-refractivity contribution in [2.24, 2.45) is 0 Å². The zero-order valence-electron chi connectivity index (χ0n) is 26.9. The summed E-state index contributed by atoms with van der Waals surface area (Å²) in [5.41, 5.74) is 8.42. The summed E-state index contributed by atoms with van der Waals surface area (Å²) in [6.07, 6.45) is 2.04. The molecule has 0 saturated heterocycles. The van der Waals surface area contributed by atoms with E-state index < -0.39 is 0 Å². The topological polar surface area (TPSA) is 91.7 Å². The molecule has 8 nitrogen and oxygen atoms in total. The third-order valence-corrected chi connectivity index (χ3v) is 9.28. The summed E-state index contributed by atoms with van der Waals surface area (Å²) in [4.78, 5) is 26.5. The van der Waals surface area contributed by atoms with Gasteiger partial charge in [-0.1, -0.05) is 91.0 Å². The van der Waals surface area contributed by atoms with Gasteiger partial charge in [0.2, 0.25) is 5.95 Å². The number of nitrogens with zero attached hydrogens (tertiary/aromatic N) is 6. The fraction of sp³-hybridized carbons (Fsp3) is 0.0238. The molecule has 0 unspecified atom stereocenters. The van der Waals surface area contributed by atoms with Crippen molar-refractivity contribution < 1.29 is 4.92 Å². The van der Waals surface area contributed by atoms with Crippen LogP contribution in [0.4, 0.5) is 5.69 Å². The zero-order chi connectivity index (χ0) is 33.8. The third kappa shape index (κ3) is 4.81. The maximum atomic E-state index is 11.7. The molecule has 0 aliphatic carbocycles. The molecule has 3 heterocycles. The number of nitro benzene ring substituents is 1. The van der Waals surface area contributed by atoms with Crippen LogP contribution in [-0.2, 0) is 0 Å². The summed E-state index contributed by atoms with van der Waals surface area (Å²) in [6.45, 7) is 2.07. The predicted octanol–water partition coefficient (Wildman–Crippen LogP) is 10.1. The van der Waals surface area contributed by atoms with Crippen molar-refractivity contribution >= 4 is 38.4 Å². The van der Waals surface area contributed by atoms with Crippen molar-refractivity contribution in [2.45, 2.75) is 6.92 Å². The molecule has 0 spiro atoms. The van der Waals surface area contributed by atoms with E-state index in [1.807, 2.05) is 91.1 Å². The van der Waals surface area contributed by atoms with Crippen LogP contribution in [0.25, 0.3) is 78.2 Å². The van der Waals surface area contributed by atoms with Gasteiger partial charge in [-0.15, -0.1) is 0 Å². The SMILES string of the molecule is Cc1ccccc1-c1nc(-c2ccccc2)nc(-n2c3ccccc3c3cc(-n4ccc5cc(-c6ccccc6[N+](=O)[O-])ccc54)ccc32)n1. The molecule has 0 radical (unpaired) electrons. The Morgan fingerprint density at radius 2 is 1.28 bits per heavy atom. The highest BCUT2D eigenvalue weighted by molar-refractivity contribution is 6.09. The standard InChI is InChI=1S/C42H28N6O2/c1-27-11-5-6-14-32(27)41-43-40(28-12-3-2-4-13-28)44-42(45-41)47-37-17-9-8-16-34(37)35-26-31(20-22-38(35)47)46-24-23-30-25-29(19-21-36(30)46)33-15-7-10-18-39(33)48(49)50/h2-26H,1H3. The van der Waals surface area contributed by atoms with Crippen LogP contribution in [0.1, 0.15) is 5.56 Å². The number of fused-ring (bicyclic) bond motifs is 4. The van der Waals surface area contributed by atoms with Gasteiger partial charge in [0.25, 0.3) is 5.69 Å². The van der Waals surface area contributed by atoms with Crippen LogP contribution >= 0.6 is 0 Å². The van der Waals surface area contributed by atoms with E-state index in [4.69, 9.17) is 15.0 Å². The average Bonchev–Trinajstić information content (AvgIpc) is 3.74. The molecule has 9 aromatic rings. The van der Waals surface area contributed by atoms with Gasteiger partial charge in [-0.3, -0.25) is 14.7 Å². The molecule has 50 heavy (non-hydrogen) atoms. The van der Waals surface area contributed by atoms with Gasteiger partial charge in [-0.25, -0.2) is 4.98 Å². The Morgan fingerprint density at radius 1 is 0.580 bits per heavy atom. The lowest BCUT2D eigenvalue weighted by Crippen LogP contribution is -2.06. The minimum atomic E-state index is -0.334. The van der Waals surface area contributed by atoms with E-state index in [0.717, 1.165) is 60.6 Å². The normalized spacial score (nSPS) is 11.5. The number of para-hydroxylation sites is 2. The lowest BCUT2D eigenvalue weighted by atomic mass is 10.0. The number of hydrogen-bond acceptors (Lipinski definition) is 5. The van der Waals surface area contributed by atoms with E-state index in [1.54, 1.807) is 18.2 Å². The Kier molecular flexibility index (Phi) is 6.81. The number of aryl methyl sites for hydroxylation is 1. The molecule has 6 aromatic carbocycles. The zero-order valence-corrected chi connectivity index (χ0v) is 26.9. The summed E-state index contributed by atoms with van der Waals surface area (Å²) in [7, 11) is 0. The molecule has 0 saturated carbocycles. The second-order valence-corrected chi connectivity index (χ2v) is 12.3. The summed E-state index contributed by atoms with van der Waals surface area (Å²) in [6, 6.07) is 47.8. The molecule has 0 amide bonds. The van der Waals surface area contributed by atoms with E-state index >= 15 is 0 Å². The first kappa shape index (κ1) is 29.2. The van der Waals surface area contributed by atoms with Gasteiger partial charge in [-0.05, 0) is 66.6 Å². The van der Waals surface area contributed by atoms with Crippen molar-refractivity contribution in [2.75, 3.05) is 0 Å². The first-order valence-electron chi connectivity index (χ1n) is 16.3. The van der Waals surface area contributed by atoms with Gasteiger partial charge in [-0.2, -0.15) is 9.97 Å². The molecule has 3 aromatic heterocycles. The summed E-state index contributed by atoms with van der Waals surface area (Å²) in [5, 5.41) is 14.8. The van der Waals surface area contributed by atoms with Crippen molar-refractivity contribution in [3.8, 4) is 45.5 Å². The van der Waals surface area contributed by atoms with Crippen LogP contribution < -0.4 is 0 Å². The monoisotopic (exact) mass is 648 g/mol. The Bertz CT molecular complexity index is 2760. The first-order valence-corrected chi connectivity index (χ1v) is 16.3. The summed E-state index contributed by atoms with van der Waals surface area (Å²) < 4.78 is 4.27. The molecule has 9 rings (SSSR count). The summed E-state index contributed by atoms with van der Waals surface area (Å²) in [5.74, 6) is 1.77. The number of hydrogen-bond donors (Lipinski definition) is 0. The Labute approximate surface area is 286 Å². The highest BCUT2D eigenvalue weighted by Crippen LogP contribution is 2.36. The molecular weight excluding hydrogens is 621 g/mol. The van der Waals surface area contributed by atoms with Gasteiger partial charge in [0.1, 0.15) is 0 Å². The second kappa shape index (κ2) is 11.6. The summed E-state index contributed by atoms with van der Waals surface area (Å²) >= 11 is 0. The molecule has 0 N–H and O–H groups in total. The number of rotatable bonds is 6. The average molecular weight is 649 g/mol. The van der Waals surface area contributed by atoms with Crippen molar-refractivity contribution in [1.29, 1.82) is 0 Å². The van der Waals surface area contributed by atoms with E-state index in [1.165, 1.54) is 0 Å². The van der Waals surface area contributed by atoms with Crippen LogP contribution in [0.15, 0.2) is 152 Å². The second-order valence-electron chi connectivity index (χ2n) is 12.3. The maximum Gasteiger partial charge on any atom is 0.277 e. The number of nitro groups is 1. The maximum absolute atomic E-state index is 11.7. The minimum Gasteiger partial charge on any atom is -0.317 e.